The molecule has 0 bridgehead atoms. The SMILES string of the molecule is Cc1cn(C2CCN(CC3(F)CCN(C(=O)c4ccc([C@@H]5CN(c6cc(-c7ccccc7O)nnc6N)CCO5)cc4)CC3)CC2)c2ncc(N3CCC(=O)NC3=O)cc12. The van der Waals surface area contributed by atoms with Gasteiger partial charge in [0.2, 0.25) is 5.91 Å². The third kappa shape index (κ3) is 7.84. The second-order valence-corrected chi connectivity index (χ2v) is 16.4. The number of imide groups is 1. The number of piperidine rings is 2. The number of aromatic nitrogens is 4. The third-order valence-electron chi connectivity index (χ3n) is 12.5. The number of phenols is 1. The number of morpholine rings is 1. The number of nitrogens with two attached hydrogens (primary N) is 1. The number of aromatic hydroxyl groups is 1. The van der Waals surface area contributed by atoms with E-state index in [0.717, 1.165) is 48.1 Å². The van der Waals surface area contributed by atoms with Crippen LogP contribution < -0.4 is 20.9 Å². The molecular weight excluding hydrogens is 768 g/mol. The van der Waals surface area contributed by atoms with E-state index < -0.39 is 11.7 Å². The molecule has 4 aliphatic heterocycles. The summed E-state index contributed by atoms with van der Waals surface area (Å²) in [6.07, 6.45) is 6.09. The molecule has 4 amide bonds. The number of likely N-dealkylation sites (tertiary alicyclic amines) is 2. The van der Waals surface area contributed by atoms with Crippen LogP contribution >= 0.6 is 0 Å². The molecule has 4 saturated heterocycles. The fourth-order valence-electron chi connectivity index (χ4n) is 9.10. The molecule has 0 spiro atoms. The molecule has 3 aromatic heterocycles. The molecule has 2 aromatic carbocycles. The Kier molecular flexibility index (Phi) is 10.6. The maximum absolute atomic E-state index is 16.3. The summed E-state index contributed by atoms with van der Waals surface area (Å²) in [7, 11) is 0. The molecule has 5 aromatic rings. The molecule has 4 N–H and O–H groups in total. The summed E-state index contributed by atoms with van der Waals surface area (Å²) in [5, 5.41) is 22.1. The number of nitrogen functional groups attached to an aromatic ring is 1. The molecule has 0 unspecified atom stereocenters. The zero-order valence-electron chi connectivity index (χ0n) is 33.6. The number of anilines is 3. The number of phenolic OH excluding ortho intramolecular Hbond substituents is 1. The van der Waals surface area contributed by atoms with Crippen LogP contribution in [0.3, 0.4) is 0 Å². The number of carbonyl (C=O) groups is 3. The van der Waals surface area contributed by atoms with Gasteiger partial charge in [-0.15, -0.1) is 10.2 Å². The Hall–Kier alpha value is -6.13. The van der Waals surface area contributed by atoms with Crippen LogP contribution in [0, 0.1) is 6.92 Å². The molecule has 9 rings (SSSR count). The number of fused-ring (bicyclic) bond motifs is 1. The van der Waals surface area contributed by atoms with Crippen molar-refractivity contribution in [2.75, 3.05) is 74.5 Å². The zero-order chi connectivity index (χ0) is 41.5. The Morgan fingerprint density at radius 3 is 2.52 bits per heavy atom. The topological polar surface area (TPSA) is 175 Å². The maximum Gasteiger partial charge on any atom is 0.328 e. The van der Waals surface area contributed by atoms with Gasteiger partial charge in [0.25, 0.3) is 5.91 Å². The number of pyridine rings is 1. The Balaban J connectivity index is 0.768. The first-order valence-electron chi connectivity index (χ1n) is 20.7. The molecule has 16 heteroatoms. The van der Waals surface area contributed by atoms with Crippen LogP contribution in [-0.4, -0.2) is 117 Å². The molecule has 4 aliphatic rings. The van der Waals surface area contributed by atoms with Crippen LogP contribution in [0.2, 0.25) is 0 Å². The Labute approximate surface area is 346 Å². The van der Waals surface area contributed by atoms with Crippen LogP contribution in [0.1, 0.15) is 65.7 Å². The number of urea groups is 1. The number of nitrogens with one attached hydrogen (secondary N) is 1. The van der Waals surface area contributed by atoms with E-state index >= 15 is 4.39 Å². The second kappa shape index (κ2) is 16.1. The number of hydrogen-bond donors (Lipinski definition) is 3. The van der Waals surface area contributed by atoms with E-state index in [1.165, 1.54) is 0 Å². The Morgan fingerprint density at radius 2 is 1.77 bits per heavy atom. The number of aryl methyl sites for hydroxylation is 1. The molecule has 60 heavy (non-hydrogen) atoms. The maximum atomic E-state index is 16.3. The summed E-state index contributed by atoms with van der Waals surface area (Å²) in [4.78, 5) is 50.0. The van der Waals surface area contributed by atoms with Crippen LogP contribution in [0.15, 0.2) is 73.1 Å². The largest absolute Gasteiger partial charge is 0.507 e. The average molecular weight is 817 g/mol. The zero-order valence-corrected chi connectivity index (χ0v) is 33.6. The van der Waals surface area contributed by atoms with Gasteiger partial charge in [-0.25, -0.2) is 14.2 Å². The second-order valence-electron chi connectivity index (χ2n) is 16.4. The minimum atomic E-state index is -1.37. The van der Waals surface area contributed by atoms with Gasteiger partial charge >= 0.3 is 6.03 Å². The van der Waals surface area contributed by atoms with Crippen LogP contribution in [0.4, 0.5) is 26.4 Å². The first kappa shape index (κ1) is 39.3. The number of ether oxygens (including phenoxy) is 1. The predicted octanol–water partition coefficient (Wildman–Crippen LogP) is 5.40. The van der Waals surface area contributed by atoms with E-state index in [9.17, 15) is 19.5 Å². The van der Waals surface area contributed by atoms with Crippen LogP contribution in [0.25, 0.3) is 22.3 Å². The van der Waals surface area contributed by atoms with Crippen molar-refractivity contribution in [1.82, 2.24) is 34.9 Å². The Bertz CT molecular complexity index is 2430. The molecule has 1 atom stereocenters. The minimum Gasteiger partial charge on any atom is -0.507 e. The normalized spacial score (nSPS) is 20.4. The van der Waals surface area contributed by atoms with Crippen molar-refractivity contribution in [3.63, 3.8) is 0 Å². The lowest BCUT2D eigenvalue weighted by Gasteiger charge is -2.41. The van der Waals surface area contributed by atoms with Gasteiger partial charge in [0.05, 0.1) is 29.9 Å². The first-order valence-corrected chi connectivity index (χ1v) is 20.7. The van der Waals surface area contributed by atoms with Crippen LogP contribution in [0.5, 0.6) is 5.75 Å². The molecular formula is C44H49FN10O5. The van der Waals surface area contributed by atoms with Crippen molar-refractivity contribution in [3.8, 4) is 17.0 Å². The number of amides is 4. The lowest BCUT2D eigenvalue weighted by molar-refractivity contribution is -0.120. The monoisotopic (exact) mass is 816 g/mol. The fraction of sp³-hybridized carbons (Fsp3) is 0.409. The summed E-state index contributed by atoms with van der Waals surface area (Å²) in [5.74, 6) is 0.0255. The minimum absolute atomic E-state index is 0.104. The van der Waals surface area contributed by atoms with Gasteiger partial charge < -0.3 is 34.8 Å². The average Bonchev–Trinajstić information content (AvgIpc) is 3.59. The highest BCUT2D eigenvalue weighted by Gasteiger charge is 2.39. The highest BCUT2D eigenvalue weighted by atomic mass is 19.1. The fourth-order valence-corrected chi connectivity index (χ4v) is 9.10. The summed E-state index contributed by atoms with van der Waals surface area (Å²) in [5.41, 5.74) is 10.8. The summed E-state index contributed by atoms with van der Waals surface area (Å²) < 4.78 is 24.7. The molecule has 4 fully saturated rings. The van der Waals surface area contributed by atoms with Gasteiger partial charge in [0.1, 0.15) is 23.2 Å². The van der Waals surface area contributed by atoms with E-state index in [-0.39, 0.29) is 49.0 Å². The molecule has 7 heterocycles. The van der Waals surface area contributed by atoms with Crippen molar-refractivity contribution in [2.45, 2.75) is 56.8 Å². The van der Waals surface area contributed by atoms with Crippen molar-refractivity contribution in [3.05, 3.63) is 89.7 Å². The highest BCUT2D eigenvalue weighted by molar-refractivity contribution is 6.06. The number of rotatable bonds is 8. The van der Waals surface area contributed by atoms with Gasteiger partial charge in [-0.3, -0.25) is 19.8 Å². The molecule has 0 radical (unpaired) electrons. The van der Waals surface area contributed by atoms with Gasteiger partial charge in [-0.05, 0) is 67.3 Å². The number of carbonyl (C=O) groups excluding carboxylic acids is 3. The smallest absolute Gasteiger partial charge is 0.328 e. The van der Waals surface area contributed by atoms with E-state index in [4.69, 9.17) is 15.5 Å². The summed E-state index contributed by atoms with van der Waals surface area (Å²) in [6.45, 7) is 6.52. The summed E-state index contributed by atoms with van der Waals surface area (Å²) >= 11 is 0. The van der Waals surface area contributed by atoms with Crippen molar-refractivity contribution < 1.29 is 28.6 Å². The quantitative estimate of drug-likeness (QED) is 0.183. The van der Waals surface area contributed by atoms with E-state index in [0.29, 0.717) is 79.9 Å². The molecule has 0 aliphatic carbocycles. The van der Waals surface area contributed by atoms with Crippen molar-refractivity contribution in [2.24, 2.45) is 0 Å². The number of nitrogens with zero attached hydrogens (tertiary/aromatic N) is 8. The van der Waals surface area contributed by atoms with Crippen LogP contribution in [-0.2, 0) is 9.53 Å². The van der Waals surface area contributed by atoms with E-state index in [2.05, 4.69) is 36.1 Å². The molecule has 0 saturated carbocycles. The highest BCUT2D eigenvalue weighted by Crippen LogP contribution is 2.36. The van der Waals surface area contributed by atoms with E-state index in [1.54, 1.807) is 34.2 Å². The molecule has 312 valence electrons. The first-order chi connectivity index (χ1) is 29.0. The van der Waals surface area contributed by atoms with Gasteiger partial charge in [-0.1, -0.05) is 24.3 Å². The number of benzene rings is 2. The number of para-hydroxylation sites is 1. The van der Waals surface area contributed by atoms with Gasteiger partial charge in [0, 0.05) is 100 Å². The predicted molar refractivity (Wildman–Crippen MR) is 225 cm³/mol. The third-order valence-corrected chi connectivity index (χ3v) is 12.5. The standard InChI is InChI=1S/C44H49FN10O5/c1-28-25-55(41-34(28)22-32(24-47-41)54-17-12-39(57)48-43(54)59)31-10-15-51(16-11-31)27-44(45)13-18-52(19-14-44)42(58)30-8-6-29(7-9-30)38-26-53(20-21-60-38)36-23-35(49-50-40(36)46)33-4-2-3-5-37(33)56/h2-9,22-25,31,38,56H,10-21,26-27H2,1H3,(H2,46,50)(H,48,57,59)/t38-/m0/s1. The van der Waals surface area contributed by atoms with E-state index in [1.807, 2.05) is 49.4 Å². The van der Waals surface area contributed by atoms with Crippen molar-refractivity contribution >= 4 is 46.1 Å². The van der Waals surface area contributed by atoms with Gasteiger partial charge in [0.15, 0.2) is 5.82 Å². The molecule has 15 nitrogen and oxygen atoms in total. The lowest BCUT2D eigenvalue weighted by atomic mass is 9.91. The number of halogens is 1. The number of hydrogen-bond acceptors (Lipinski definition) is 11. The van der Waals surface area contributed by atoms with Gasteiger partial charge in [-0.2, -0.15) is 0 Å². The van der Waals surface area contributed by atoms with Crippen molar-refractivity contribution in [1.29, 1.82) is 0 Å². The lowest BCUT2D eigenvalue weighted by Crippen LogP contribution is -2.51. The number of alkyl halides is 1. The summed E-state index contributed by atoms with van der Waals surface area (Å²) in [6, 6.07) is 18.0. The Morgan fingerprint density at radius 1 is 1.00 bits per heavy atom.